The lowest BCUT2D eigenvalue weighted by atomic mass is 9.97. The molecule has 2 heterocycles. The van der Waals surface area contributed by atoms with Gasteiger partial charge in [0.1, 0.15) is 22.7 Å². The second-order valence-corrected chi connectivity index (χ2v) is 8.71. The zero-order valence-electron chi connectivity index (χ0n) is 18.9. The summed E-state index contributed by atoms with van der Waals surface area (Å²) in [4.78, 5) is 40.8. The molecule has 1 saturated heterocycles. The Morgan fingerprint density at radius 2 is 1.77 bits per heavy atom. The predicted octanol–water partition coefficient (Wildman–Crippen LogP) is 1.61. The minimum Gasteiger partial charge on any atom is -0.496 e. The molecule has 10 heteroatoms. The molecular weight excluding hydrogens is 452 g/mol. The highest BCUT2D eigenvalue weighted by atomic mass is 16.5. The van der Waals surface area contributed by atoms with Crippen molar-refractivity contribution in [3.8, 4) is 17.2 Å². The first kappa shape index (κ1) is 22.6. The van der Waals surface area contributed by atoms with Gasteiger partial charge in [-0.1, -0.05) is 12.1 Å². The molecule has 10 nitrogen and oxygen atoms in total. The molecule has 2 aromatic carbocycles. The van der Waals surface area contributed by atoms with E-state index in [4.69, 9.17) is 25.7 Å². The quantitative estimate of drug-likeness (QED) is 0.417. The fourth-order valence-corrected chi connectivity index (χ4v) is 4.39. The van der Waals surface area contributed by atoms with E-state index in [2.05, 4.69) is 10.3 Å². The summed E-state index contributed by atoms with van der Waals surface area (Å²) in [6.07, 6.45) is 1.90. The Balaban J connectivity index is 1.41. The highest BCUT2D eigenvalue weighted by molar-refractivity contribution is 6.08. The maximum absolute atomic E-state index is 12.8. The largest absolute Gasteiger partial charge is 0.496 e. The van der Waals surface area contributed by atoms with Gasteiger partial charge in [0.25, 0.3) is 5.91 Å². The molecule has 2 fully saturated rings. The van der Waals surface area contributed by atoms with Crippen LogP contribution in [0, 0.1) is 5.41 Å². The fourth-order valence-electron chi connectivity index (χ4n) is 4.39. The Kier molecular flexibility index (Phi) is 5.52. The number of fused-ring (bicyclic) bond motifs is 1. The van der Waals surface area contributed by atoms with Gasteiger partial charge in [-0.05, 0) is 36.2 Å². The number of carbonyl (C=O) groups is 3. The van der Waals surface area contributed by atoms with E-state index in [-0.39, 0.29) is 17.9 Å². The zero-order valence-corrected chi connectivity index (χ0v) is 18.9. The van der Waals surface area contributed by atoms with E-state index in [9.17, 15) is 14.4 Å². The first-order valence-electron chi connectivity index (χ1n) is 11.1. The topological polar surface area (TPSA) is 156 Å². The predicted molar refractivity (Wildman–Crippen MR) is 125 cm³/mol. The third-order valence-electron chi connectivity index (χ3n) is 6.59. The van der Waals surface area contributed by atoms with Crippen molar-refractivity contribution in [3.05, 3.63) is 59.8 Å². The third-order valence-corrected chi connectivity index (χ3v) is 6.59. The molecule has 2 aliphatic rings. The van der Waals surface area contributed by atoms with Gasteiger partial charge >= 0.3 is 0 Å². The van der Waals surface area contributed by atoms with E-state index >= 15 is 0 Å². The highest BCUT2D eigenvalue weighted by Gasteiger charge is 2.64. The van der Waals surface area contributed by atoms with Crippen LogP contribution in [0.25, 0.3) is 10.9 Å². The minimum absolute atomic E-state index is 0.0274. The van der Waals surface area contributed by atoms with Gasteiger partial charge in [-0.3, -0.25) is 19.4 Å². The summed E-state index contributed by atoms with van der Waals surface area (Å²) in [5.74, 6) is -0.602. The van der Waals surface area contributed by atoms with Crippen molar-refractivity contribution in [1.29, 1.82) is 0 Å². The maximum atomic E-state index is 12.8. The minimum atomic E-state index is -1.33. The van der Waals surface area contributed by atoms with Crippen LogP contribution in [0.2, 0.25) is 0 Å². The first-order valence-corrected chi connectivity index (χ1v) is 11.1. The van der Waals surface area contributed by atoms with Crippen LogP contribution in [0.1, 0.15) is 28.3 Å². The molecule has 0 radical (unpaired) electrons. The summed E-state index contributed by atoms with van der Waals surface area (Å²) in [7, 11) is 1.50. The van der Waals surface area contributed by atoms with Gasteiger partial charge in [-0.25, -0.2) is 0 Å². The molecule has 1 unspecified atom stereocenters. The molecule has 1 saturated carbocycles. The number of carbonyl (C=O) groups excluding carboxylic acids is 3. The maximum Gasteiger partial charge on any atom is 0.255 e. The molecule has 35 heavy (non-hydrogen) atoms. The lowest BCUT2D eigenvalue weighted by molar-refractivity contribution is -0.133. The van der Waals surface area contributed by atoms with Crippen LogP contribution in [-0.2, 0) is 14.3 Å². The van der Waals surface area contributed by atoms with Crippen molar-refractivity contribution in [3.63, 3.8) is 0 Å². The second kappa shape index (κ2) is 8.55. The van der Waals surface area contributed by atoms with E-state index < -0.39 is 17.2 Å². The standard InChI is InChI=1S/C25H24N4O6/c1-33-21-9-19-16(8-17(21)22(30)29-14-11-34-12-14)20(6-7-28-19)35-15-4-2-13(3-5-15)18-10-25(18,23(26)31)24(27)32/h2-9,14,18H,10-12H2,1H3,(H2,26,31)(H2,27,32)(H,29,30). The molecule has 1 aromatic heterocycles. The fraction of sp³-hybridized carbons (Fsp3) is 0.280. The Morgan fingerprint density at radius 1 is 1.06 bits per heavy atom. The number of methoxy groups -OCH3 is 1. The van der Waals surface area contributed by atoms with Crippen molar-refractivity contribution in [1.82, 2.24) is 10.3 Å². The van der Waals surface area contributed by atoms with Gasteiger partial charge in [-0.2, -0.15) is 0 Å². The number of nitrogens with zero attached hydrogens (tertiary/aromatic N) is 1. The Labute approximate surface area is 200 Å². The number of ether oxygens (including phenoxy) is 3. The zero-order chi connectivity index (χ0) is 24.7. The van der Waals surface area contributed by atoms with E-state index in [1.165, 1.54) is 7.11 Å². The highest BCUT2D eigenvalue weighted by Crippen LogP contribution is 2.59. The van der Waals surface area contributed by atoms with Gasteiger partial charge < -0.3 is 31.0 Å². The van der Waals surface area contributed by atoms with Crippen molar-refractivity contribution < 1.29 is 28.6 Å². The summed E-state index contributed by atoms with van der Waals surface area (Å²) in [5.41, 5.74) is 11.3. The number of primary amides is 2. The number of aromatic nitrogens is 1. The molecule has 1 aliphatic carbocycles. The number of rotatable bonds is 8. The average Bonchev–Trinajstić information content (AvgIpc) is 3.59. The summed E-state index contributed by atoms with van der Waals surface area (Å²) in [6.45, 7) is 0.961. The summed E-state index contributed by atoms with van der Waals surface area (Å²) in [6, 6.07) is 12.1. The number of pyridine rings is 1. The van der Waals surface area contributed by atoms with Crippen LogP contribution in [0.15, 0.2) is 48.7 Å². The van der Waals surface area contributed by atoms with Gasteiger partial charge in [0.15, 0.2) is 0 Å². The number of nitrogens with one attached hydrogen (secondary N) is 1. The number of benzene rings is 2. The van der Waals surface area contributed by atoms with Crippen LogP contribution in [0.5, 0.6) is 17.2 Å². The first-order chi connectivity index (χ1) is 16.8. The van der Waals surface area contributed by atoms with Crippen LogP contribution < -0.4 is 26.3 Å². The smallest absolute Gasteiger partial charge is 0.255 e. The normalized spacial score (nSPS) is 18.4. The molecule has 3 aromatic rings. The van der Waals surface area contributed by atoms with E-state index in [0.29, 0.717) is 53.3 Å². The molecular formula is C25H24N4O6. The van der Waals surface area contributed by atoms with Crippen molar-refractivity contribution in [2.45, 2.75) is 18.4 Å². The lowest BCUT2D eigenvalue weighted by Gasteiger charge is -2.27. The van der Waals surface area contributed by atoms with Gasteiger partial charge in [0.2, 0.25) is 11.8 Å². The monoisotopic (exact) mass is 476 g/mol. The van der Waals surface area contributed by atoms with Crippen molar-refractivity contribution in [2.24, 2.45) is 16.9 Å². The number of hydrogen-bond acceptors (Lipinski definition) is 7. The van der Waals surface area contributed by atoms with Gasteiger partial charge in [0.05, 0.1) is 37.4 Å². The van der Waals surface area contributed by atoms with E-state index in [1.807, 2.05) is 0 Å². The number of nitrogens with two attached hydrogens (primary N) is 2. The van der Waals surface area contributed by atoms with Gasteiger partial charge in [0, 0.05) is 23.6 Å². The van der Waals surface area contributed by atoms with Crippen LogP contribution in [-0.4, -0.2) is 49.1 Å². The van der Waals surface area contributed by atoms with Gasteiger partial charge in [-0.15, -0.1) is 0 Å². The van der Waals surface area contributed by atoms with Crippen molar-refractivity contribution in [2.75, 3.05) is 20.3 Å². The Morgan fingerprint density at radius 3 is 2.34 bits per heavy atom. The summed E-state index contributed by atoms with van der Waals surface area (Å²) < 4.78 is 16.6. The van der Waals surface area contributed by atoms with Crippen LogP contribution in [0.3, 0.4) is 0 Å². The molecule has 5 rings (SSSR count). The number of hydrogen-bond donors (Lipinski definition) is 3. The Bertz CT molecular complexity index is 1320. The Hall–Kier alpha value is -4.18. The van der Waals surface area contributed by atoms with Crippen molar-refractivity contribution >= 4 is 28.6 Å². The molecule has 5 N–H and O–H groups in total. The molecule has 3 amide bonds. The van der Waals surface area contributed by atoms with E-state index in [1.54, 1.807) is 48.7 Å². The van der Waals surface area contributed by atoms with Crippen LogP contribution in [0.4, 0.5) is 0 Å². The summed E-state index contributed by atoms with van der Waals surface area (Å²) >= 11 is 0. The third kappa shape index (κ3) is 3.91. The molecule has 180 valence electrons. The average molecular weight is 476 g/mol. The lowest BCUT2D eigenvalue weighted by Crippen LogP contribution is -2.48. The SMILES string of the molecule is COc1cc2nccc(Oc3ccc(C4CC4(C(N)=O)C(N)=O)cc3)c2cc1C(=O)NC1COC1. The molecule has 0 bridgehead atoms. The summed E-state index contributed by atoms with van der Waals surface area (Å²) in [5, 5.41) is 3.55. The molecule has 0 spiro atoms. The molecule has 1 aliphatic heterocycles. The van der Waals surface area contributed by atoms with E-state index in [0.717, 1.165) is 5.56 Å². The second-order valence-electron chi connectivity index (χ2n) is 8.71. The number of amides is 3. The van der Waals surface area contributed by atoms with Crippen LogP contribution >= 0.6 is 0 Å². The molecule has 1 atom stereocenters.